The molecule has 0 atom stereocenters. The number of aryl methyl sites for hydroxylation is 1. The number of fused-ring (bicyclic) bond motifs is 1. The van der Waals surface area contributed by atoms with Gasteiger partial charge in [0.05, 0.1) is 11.9 Å². The minimum absolute atomic E-state index is 0.0940. The highest BCUT2D eigenvalue weighted by molar-refractivity contribution is 5.39. The number of rotatable bonds is 0. The Hall–Kier alpha value is -1.38. The molecule has 74 valence electrons. The third kappa shape index (κ3) is 1.39. The van der Waals surface area contributed by atoms with E-state index in [0.29, 0.717) is 0 Å². The van der Waals surface area contributed by atoms with Gasteiger partial charge in [0.1, 0.15) is 0 Å². The smallest absolute Gasteiger partial charge is 0.155 e. The largest absolute Gasteiger partial charge is 0.233 e. The molecule has 0 aliphatic carbocycles. The predicted octanol–water partition coefficient (Wildman–Crippen LogP) is 2.34. The quantitative estimate of drug-likeness (QED) is 0.636. The molecule has 0 N–H and O–H groups in total. The average molecular weight is 189 g/mol. The van der Waals surface area contributed by atoms with Gasteiger partial charge in [-0.2, -0.15) is 5.10 Å². The lowest BCUT2D eigenvalue weighted by molar-refractivity contribution is 0.567. The number of hydrogen-bond donors (Lipinski definition) is 0. The van der Waals surface area contributed by atoms with Gasteiger partial charge in [-0.25, -0.2) is 9.50 Å². The third-order valence-corrected chi connectivity index (χ3v) is 2.31. The molecule has 0 spiro atoms. The molecule has 0 unspecified atom stereocenters. The first kappa shape index (κ1) is 9.19. The molecule has 0 bridgehead atoms. The molecule has 14 heavy (non-hydrogen) atoms. The van der Waals surface area contributed by atoms with E-state index in [-0.39, 0.29) is 5.41 Å². The molecule has 0 saturated heterocycles. The Morgan fingerprint density at radius 1 is 1.29 bits per heavy atom. The summed E-state index contributed by atoms with van der Waals surface area (Å²) >= 11 is 0. The molecule has 2 rings (SSSR count). The highest BCUT2D eigenvalue weighted by Gasteiger charge is 2.16. The van der Waals surface area contributed by atoms with Crippen molar-refractivity contribution in [3.05, 3.63) is 29.7 Å². The Kier molecular flexibility index (Phi) is 1.84. The SMILES string of the molecule is Cc1cc(C(C)(C)C)nc2ccnn12. The van der Waals surface area contributed by atoms with E-state index in [0.717, 1.165) is 17.0 Å². The molecular weight excluding hydrogens is 174 g/mol. The topological polar surface area (TPSA) is 30.2 Å². The monoisotopic (exact) mass is 189 g/mol. The van der Waals surface area contributed by atoms with E-state index < -0.39 is 0 Å². The first-order chi connectivity index (χ1) is 6.48. The Labute approximate surface area is 83.8 Å². The van der Waals surface area contributed by atoms with Crippen LogP contribution < -0.4 is 0 Å². The molecule has 0 aliphatic rings. The zero-order valence-corrected chi connectivity index (χ0v) is 9.07. The molecule has 2 heterocycles. The van der Waals surface area contributed by atoms with E-state index in [2.05, 4.69) is 43.8 Å². The van der Waals surface area contributed by atoms with Crippen molar-refractivity contribution in [1.82, 2.24) is 14.6 Å². The lowest BCUT2D eigenvalue weighted by Gasteiger charge is -2.18. The summed E-state index contributed by atoms with van der Waals surface area (Å²) in [5.74, 6) is 0. The standard InChI is InChI=1S/C11H15N3/c1-8-7-9(11(2,3)4)13-10-5-6-12-14(8)10/h5-7H,1-4H3. The van der Waals surface area contributed by atoms with Gasteiger partial charge in [0.2, 0.25) is 0 Å². The van der Waals surface area contributed by atoms with E-state index in [1.54, 1.807) is 6.20 Å². The Balaban J connectivity index is 2.70. The van der Waals surface area contributed by atoms with Gasteiger partial charge >= 0.3 is 0 Å². The second-order valence-corrected chi connectivity index (χ2v) is 4.63. The van der Waals surface area contributed by atoms with Crippen molar-refractivity contribution in [2.45, 2.75) is 33.1 Å². The van der Waals surface area contributed by atoms with E-state index >= 15 is 0 Å². The maximum atomic E-state index is 4.57. The van der Waals surface area contributed by atoms with Gasteiger partial charge in [0.25, 0.3) is 0 Å². The second kappa shape index (κ2) is 2.80. The summed E-state index contributed by atoms with van der Waals surface area (Å²) in [6, 6.07) is 4.03. The molecule has 3 heteroatoms. The fraction of sp³-hybridized carbons (Fsp3) is 0.455. The van der Waals surface area contributed by atoms with E-state index in [4.69, 9.17) is 0 Å². The molecule has 0 aliphatic heterocycles. The first-order valence-corrected chi connectivity index (χ1v) is 4.80. The summed E-state index contributed by atoms with van der Waals surface area (Å²) in [4.78, 5) is 4.57. The Bertz CT molecular complexity index is 463. The fourth-order valence-electron chi connectivity index (χ4n) is 1.45. The van der Waals surface area contributed by atoms with Crippen LogP contribution >= 0.6 is 0 Å². The molecule has 2 aromatic heterocycles. The van der Waals surface area contributed by atoms with Crippen LogP contribution in [0, 0.1) is 6.92 Å². The van der Waals surface area contributed by atoms with Gasteiger partial charge in [-0.3, -0.25) is 0 Å². The Morgan fingerprint density at radius 3 is 2.64 bits per heavy atom. The van der Waals surface area contributed by atoms with Crippen LogP contribution in [0.2, 0.25) is 0 Å². The predicted molar refractivity (Wildman–Crippen MR) is 56.4 cm³/mol. The summed E-state index contributed by atoms with van der Waals surface area (Å²) in [5.41, 5.74) is 3.26. The lowest BCUT2D eigenvalue weighted by atomic mass is 9.91. The number of nitrogens with zero attached hydrogens (tertiary/aromatic N) is 3. The van der Waals surface area contributed by atoms with Crippen molar-refractivity contribution in [2.75, 3.05) is 0 Å². The lowest BCUT2D eigenvalue weighted by Crippen LogP contribution is -2.15. The van der Waals surface area contributed by atoms with Gasteiger partial charge in [0.15, 0.2) is 5.65 Å². The van der Waals surface area contributed by atoms with Crippen LogP contribution in [0.4, 0.5) is 0 Å². The van der Waals surface area contributed by atoms with Crippen LogP contribution in [0.15, 0.2) is 18.3 Å². The van der Waals surface area contributed by atoms with Crippen LogP contribution in [0.5, 0.6) is 0 Å². The van der Waals surface area contributed by atoms with Crippen LogP contribution in [0.1, 0.15) is 32.2 Å². The van der Waals surface area contributed by atoms with Crippen molar-refractivity contribution in [1.29, 1.82) is 0 Å². The zero-order valence-electron chi connectivity index (χ0n) is 9.07. The molecule has 2 aromatic rings. The summed E-state index contributed by atoms with van der Waals surface area (Å²) < 4.78 is 1.86. The molecule has 0 radical (unpaired) electrons. The maximum absolute atomic E-state index is 4.57. The fourth-order valence-corrected chi connectivity index (χ4v) is 1.45. The zero-order chi connectivity index (χ0) is 10.3. The molecule has 3 nitrogen and oxygen atoms in total. The van der Waals surface area contributed by atoms with Crippen LogP contribution in [-0.2, 0) is 5.41 Å². The molecule has 0 amide bonds. The van der Waals surface area contributed by atoms with Crippen LogP contribution in [0.25, 0.3) is 5.65 Å². The van der Waals surface area contributed by atoms with Crippen molar-refractivity contribution in [3.8, 4) is 0 Å². The highest BCUT2D eigenvalue weighted by Crippen LogP contribution is 2.21. The summed E-state index contributed by atoms with van der Waals surface area (Å²) in [6.07, 6.45) is 1.78. The third-order valence-electron chi connectivity index (χ3n) is 2.31. The minimum Gasteiger partial charge on any atom is -0.233 e. The van der Waals surface area contributed by atoms with Gasteiger partial charge in [0, 0.05) is 17.2 Å². The van der Waals surface area contributed by atoms with Gasteiger partial charge in [-0.1, -0.05) is 20.8 Å². The normalized spacial score (nSPS) is 12.3. The second-order valence-electron chi connectivity index (χ2n) is 4.63. The maximum Gasteiger partial charge on any atom is 0.155 e. The summed E-state index contributed by atoms with van der Waals surface area (Å²) in [6.45, 7) is 8.56. The van der Waals surface area contributed by atoms with Crippen molar-refractivity contribution in [2.24, 2.45) is 0 Å². The first-order valence-electron chi connectivity index (χ1n) is 4.80. The minimum atomic E-state index is 0.0940. The average Bonchev–Trinajstić information content (AvgIpc) is 2.50. The van der Waals surface area contributed by atoms with E-state index in [1.807, 2.05) is 10.6 Å². The van der Waals surface area contributed by atoms with E-state index in [1.165, 1.54) is 0 Å². The molecule has 0 fully saturated rings. The molecule has 0 aromatic carbocycles. The number of aromatic nitrogens is 3. The van der Waals surface area contributed by atoms with Crippen LogP contribution in [0.3, 0.4) is 0 Å². The van der Waals surface area contributed by atoms with Crippen molar-refractivity contribution >= 4 is 5.65 Å². The van der Waals surface area contributed by atoms with Gasteiger partial charge < -0.3 is 0 Å². The van der Waals surface area contributed by atoms with Gasteiger partial charge in [-0.15, -0.1) is 0 Å². The summed E-state index contributed by atoms with van der Waals surface area (Å²) in [7, 11) is 0. The van der Waals surface area contributed by atoms with Gasteiger partial charge in [-0.05, 0) is 13.0 Å². The van der Waals surface area contributed by atoms with Crippen LogP contribution in [-0.4, -0.2) is 14.6 Å². The highest BCUT2D eigenvalue weighted by atomic mass is 15.2. The number of hydrogen-bond acceptors (Lipinski definition) is 2. The molecule has 0 saturated carbocycles. The Morgan fingerprint density at radius 2 is 2.00 bits per heavy atom. The van der Waals surface area contributed by atoms with E-state index in [9.17, 15) is 0 Å². The summed E-state index contributed by atoms with van der Waals surface area (Å²) in [5, 5.41) is 4.20. The van der Waals surface area contributed by atoms with Crippen molar-refractivity contribution < 1.29 is 0 Å². The van der Waals surface area contributed by atoms with Crippen molar-refractivity contribution in [3.63, 3.8) is 0 Å². The molecular formula is C11H15N3.